The number of hydrogen-bond donors (Lipinski definition) is 0. The van der Waals surface area contributed by atoms with Crippen molar-refractivity contribution in [2.45, 2.75) is 0 Å². The van der Waals surface area contributed by atoms with E-state index < -0.39 is 16.1 Å². The van der Waals surface area contributed by atoms with Crippen molar-refractivity contribution in [3.8, 4) is 34.2 Å². The van der Waals surface area contributed by atoms with Crippen LogP contribution in [0.3, 0.4) is 0 Å². The Morgan fingerprint density at radius 2 is 0.419 bits per heavy atom. The zero-order chi connectivity index (χ0) is 41.6. The summed E-state index contributed by atoms with van der Waals surface area (Å²) in [6, 6.07) is 94.3. The maximum atomic E-state index is 5.39. The molecule has 0 aliphatic carbocycles. The van der Waals surface area contributed by atoms with Crippen molar-refractivity contribution >= 4 is 57.6 Å². The van der Waals surface area contributed by atoms with Crippen molar-refractivity contribution in [3.63, 3.8) is 0 Å². The molecule has 10 aromatic rings. The molecule has 0 aliphatic rings. The molecule has 298 valence electrons. The summed E-state index contributed by atoms with van der Waals surface area (Å²) in [6.45, 7) is 0. The predicted octanol–water partition coefficient (Wildman–Crippen LogP) is 7.85. The second-order valence-corrected chi connectivity index (χ2v) is 23.1. The van der Waals surface area contributed by atoms with E-state index in [1.165, 1.54) is 41.5 Å². The SMILES string of the molecule is [H-].[H-].c1ccc(-c2nc(-c3cccc([Si](c4ccccc4)(c4ccccc4)c4ccccc4)c3)nc(-c3cccc([Si](c4ccccc4)(c4ccccc4)c4ccccc4)c3)n2)cc1. The summed E-state index contributed by atoms with van der Waals surface area (Å²) < 4.78 is 0. The zero-order valence-electron chi connectivity index (χ0n) is 36.2. The third kappa shape index (κ3) is 7.03. The molecule has 0 aliphatic heterocycles. The molecule has 5 heteroatoms. The standard InChI is InChI=1S/C57H43N3Si2.2H/c1-8-24-44(25-9-1)55-58-56(45-26-22-40-53(42-45)61(47-28-10-2-11-29-47,48-30-12-3-13-31-48)49-32-14-4-15-33-49)60-57(59-55)46-27-23-41-54(43-46)62(50-34-16-5-17-35-50,51-36-18-6-19-37-51)52-38-20-7-21-39-52;;/h1-43H;;/q;2*-1. The van der Waals surface area contributed by atoms with Gasteiger partial charge in [0.1, 0.15) is 0 Å². The number of nitrogens with zero attached hydrogens (tertiary/aromatic N) is 3. The lowest BCUT2D eigenvalue weighted by molar-refractivity contribution is 1.07. The number of aromatic nitrogens is 3. The van der Waals surface area contributed by atoms with Crippen molar-refractivity contribution in [2.24, 2.45) is 0 Å². The molecule has 0 saturated carbocycles. The molecular formula is C57H45N3Si2-2. The largest absolute Gasteiger partial charge is 1.00 e. The van der Waals surface area contributed by atoms with Gasteiger partial charge in [0.25, 0.3) is 0 Å². The molecule has 62 heavy (non-hydrogen) atoms. The lowest BCUT2D eigenvalue weighted by atomic mass is 10.1. The fourth-order valence-corrected chi connectivity index (χ4v) is 18.9. The second-order valence-electron chi connectivity index (χ2n) is 15.5. The predicted molar refractivity (Wildman–Crippen MR) is 266 cm³/mol. The van der Waals surface area contributed by atoms with E-state index in [1.54, 1.807) is 0 Å². The Labute approximate surface area is 368 Å². The first kappa shape index (κ1) is 38.6. The third-order valence-corrected chi connectivity index (χ3v) is 21.6. The molecule has 9 aromatic carbocycles. The Morgan fingerprint density at radius 1 is 0.210 bits per heavy atom. The molecular weight excluding hydrogens is 783 g/mol. The summed E-state index contributed by atoms with van der Waals surface area (Å²) in [7, 11) is -5.62. The van der Waals surface area contributed by atoms with E-state index in [0.29, 0.717) is 17.5 Å². The van der Waals surface area contributed by atoms with Gasteiger partial charge in [0.2, 0.25) is 0 Å². The van der Waals surface area contributed by atoms with Gasteiger partial charge < -0.3 is 2.85 Å². The average Bonchev–Trinajstić information content (AvgIpc) is 3.37. The average molecular weight is 828 g/mol. The smallest absolute Gasteiger partial charge is 0.179 e. The molecule has 0 fully saturated rings. The van der Waals surface area contributed by atoms with Crippen LogP contribution in [0.25, 0.3) is 34.2 Å². The first-order chi connectivity index (χ1) is 30.7. The van der Waals surface area contributed by atoms with Crippen LogP contribution in [0.5, 0.6) is 0 Å². The fourth-order valence-electron chi connectivity index (χ4n) is 9.26. The maximum absolute atomic E-state index is 5.39. The highest BCUT2D eigenvalue weighted by atomic mass is 28.3. The number of benzene rings is 9. The van der Waals surface area contributed by atoms with E-state index in [9.17, 15) is 0 Å². The van der Waals surface area contributed by atoms with E-state index in [2.05, 4.69) is 243 Å². The van der Waals surface area contributed by atoms with Gasteiger partial charge in [-0.2, -0.15) is 0 Å². The molecule has 1 heterocycles. The molecule has 0 bridgehead atoms. The van der Waals surface area contributed by atoms with Crippen molar-refractivity contribution in [1.82, 2.24) is 15.0 Å². The summed E-state index contributed by atoms with van der Waals surface area (Å²) in [4.78, 5) is 15.9. The molecule has 1 aromatic heterocycles. The summed E-state index contributed by atoms with van der Waals surface area (Å²) in [5.41, 5.74) is 2.83. The van der Waals surface area contributed by atoms with Crippen LogP contribution in [-0.4, -0.2) is 31.1 Å². The molecule has 3 nitrogen and oxygen atoms in total. The molecule has 0 spiro atoms. The van der Waals surface area contributed by atoms with Gasteiger partial charge in [0, 0.05) is 16.7 Å². The second kappa shape index (κ2) is 17.2. The highest BCUT2D eigenvalue weighted by Crippen LogP contribution is 2.25. The van der Waals surface area contributed by atoms with Crippen LogP contribution >= 0.6 is 0 Å². The highest BCUT2D eigenvalue weighted by molar-refractivity contribution is 7.20. The Kier molecular flexibility index (Phi) is 10.7. The minimum atomic E-state index is -2.81. The van der Waals surface area contributed by atoms with Gasteiger partial charge in [-0.3, -0.25) is 0 Å². The van der Waals surface area contributed by atoms with Crippen LogP contribution in [-0.2, 0) is 0 Å². The van der Waals surface area contributed by atoms with Crippen LogP contribution in [0.4, 0.5) is 0 Å². The molecule has 0 unspecified atom stereocenters. The minimum Gasteiger partial charge on any atom is -1.00 e. The normalized spacial score (nSPS) is 11.5. The summed E-state index contributed by atoms with van der Waals surface area (Å²) in [6.07, 6.45) is 0. The van der Waals surface area contributed by atoms with E-state index in [-0.39, 0.29) is 2.85 Å². The summed E-state index contributed by atoms with van der Waals surface area (Å²) in [5.74, 6) is 1.91. The Balaban J connectivity index is 0.00000280. The van der Waals surface area contributed by atoms with E-state index in [1.807, 2.05) is 18.2 Å². The topological polar surface area (TPSA) is 38.7 Å². The molecule has 10 rings (SSSR count). The first-order valence-corrected chi connectivity index (χ1v) is 25.1. The Morgan fingerprint density at radius 3 is 0.694 bits per heavy atom. The minimum absolute atomic E-state index is 0. The molecule has 0 amide bonds. The third-order valence-electron chi connectivity index (χ3n) is 12.0. The van der Waals surface area contributed by atoms with Crippen molar-refractivity contribution < 1.29 is 2.85 Å². The summed E-state index contributed by atoms with van der Waals surface area (Å²) in [5, 5.41) is 10.4. The molecule has 0 atom stereocenters. The van der Waals surface area contributed by atoms with Crippen molar-refractivity contribution in [2.75, 3.05) is 0 Å². The quantitative estimate of drug-likeness (QED) is 0.0986. The van der Waals surface area contributed by atoms with E-state index >= 15 is 0 Å². The van der Waals surface area contributed by atoms with Crippen LogP contribution in [0.15, 0.2) is 261 Å². The molecule has 0 radical (unpaired) electrons. The van der Waals surface area contributed by atoms with E-state index in [0.717, 1.165) is 16.7 Å². The van der Waals surface area contributed by atoms with Gasteiger partial charge in [0.05, 0.1) is 0 Å². The number of rotatable bonds is 11. The van der Waals surface area contributed by atoms with Crippen LogP contribution in [0, 0.1) is 0 Å². The Bertz CT molecular complexity index is 2670. The number of hydrogen-bond acceptors (Lipinski definition) is 3. The van der Waals surface area contributed by atoms with Gasteiger partial charge in [-0.25, -0.2) is 15.0 Å². The molecule has 0 saturated heterocycles. The molecule has 0 N–H and O–H groups in total. The van der Waals surface area contributed by atoms with Gasteiger partial charge in [-0.1, -0.05) is 261 Å². The van der Waals surface area contributed by atoms with Crippen LogP contribution < -0.4 is 41.5 Å². The Hall–Kier alpha value is -7.58. The lowest BCUT2D eigenvalue weighted by Gasteiger charge is -2.34. The van der Waals surface area contributed by atoms with Gasteiger partial charge >= 0.3 is 0 Å². The van der Waals surface area contributed by atoms with Gasteiger partial charge in [-0.05, 0) is 41.5 Å². The maximum Gasteiger partial charge on any atom is 0.179 e. The first-order valence-electron chi connectivity index (χ1n) is 21.1. The lowest BCUT2D eigenvalue weighted by Crippen LogP contribution is -2.74. The summed E-state index contributed by atoms with van der Waals surface area (Å²) >= 11 is 0. The van der Waals surface area contributed by atoms with Crippen molar-refractivity contribution in [3.05, 3.63) is 261 Å². The van der Waals surface area contributed by atoms with Crippen molar-refractivity contribution in [1.29, 1.82) is 0 Å². The highest BCUT2D eigenvalue weighted by Gasteiger charge is 2.43. The van der Waals surface area contributed by atoms with Gasteiger partial charge in [-0.15, -0.1) is 0 Å². The zero-order valence-corrected chi connectivity index (χ0v) is 36.2. The van der Waals surface area contributed by atoms with E-state index in [4.69, 9.17) is 15.0 Å². The van der Waals surface area contributed by atoms with Crippen LogP contribution in [0.1, 0.15) is 2.85 Å². The van der Waals surface area contributed by atoms with Crippen LogP contribution in [0.2, 0.25) is 0 Å². The monoisotopic (exact) mass is 827 g/mol. The van der Waals surface area contributed by atoms with Gasteiger partial charge in [0.15, 0.2) is 33.6 Å². The fraction of sp³-hybridized carbons (Fsp3) is 0.